The van der Waals surface area contributed by atoms with Crippen molar-refractivity contribution in [2.75, 3.05) is 0 Å². The maximum Gasteiger partial charge on any atom is 0.0818 e. The molecule has 1 aromatic carbocycles. The quantitative estimate of drug-likeness (QED) is 0.734. The summed E-state index contributed by atoms with van der Waals surface area (Å²) in [5.74, 6) is 1.31. The lowest BCUT2D eigenvalue weighted by atomic mass is 9.72. The van der Waals surface area contributed by atoms with Crippen LogP contribution in [0.2, 0.25) is 0 Å². The minimum absolute atomic E-state index is 0.239. The third-order valence-electron chi connectivity index (χ3n) is 3.00. The highest BCUT2D eigenvalue weighted by molar-refractivity contribution is 5.18. The molecule has 2 rings (SSSR count). The summed E-state index contributed by atoms with van der Waals surface area (Å²) in [7, 11) is 0. The van der Waals surface area contributed by atoms with E-state index in [1.54, 1.807) is 0 Å². The number of aliphatic hydroxyl groups excluding tert-OH is 1. The van der Waals surface area contributed by atoms with Crippen molar-refractivity contribution < 1.29 is 5.11 Å². The molecule has 70 valence electrons. The minimum atomic E-state index is -0.239. The van der Waals surface area contributed by atoms with Gasteiger partial charge in [-0.15, -0.1) is 0 Å². The fraction of sp³-hybridized carbons (Fsp3) is 0.500. The molecular weight excluding hydrogens is 160 g/mol. The van der Waals surface area contributed by atoms with Crippen molar-refractivity contribution in [1.82, 2.24) is 0 Å². The standard InChI is InChI=1S/C12H16O/c1-9-7-11(8-9)12(13)10-5-3-2-4-6-10/h2-6,9,11-13H,7-8H2,1H3/t9?,11?,12-/m0/s1. The summed E-state index contributed by atoms with van der Waals surface area (Å²) in [6, 6.07) is 9.97. The molecule has 0 bridgehead atoms. The number of benzene rings is 1. The van der Waals surface area contributed by atoms with Gasteiger partial charge in [-0.1, -0.05) is 37.3 Å². The van der Waals surface area contributed by atoms with E-state index in [0.717, 1.165) is 11.5 Å². The van der Waals surface area contributed by atoms with Crippen molar-refractivity contribution in [3.8, 4) is 0 Å². The van der Waals surface area contributed by atoms with Crippen LogP contribution in [0.3, 0.4) is 0 Å². The monoisotopic (exact) mass is 176 g/mol. The molecular formula is C12H16O. The van der Waals surface area contributed by atoms with Crippen LogP contribution in [0.1, 0.15) is 31.4 Å². The van der Waals surface area contributed by atoms with E-state index in [1.807, 2.05) is 30.3 Å². The molecule has 0 amide bonds. The maximum atomic E-state index is 9.96. The Kier molecular flexibility index (Phi) is 2.36. The van der Waals surface area contributed by atoms with Gasteiger partial charge in [-0.2, -0.15) is 0 Å². The smallest absolute Gasteiger partial charge is 0.0818 e. The molecule has 1 saturated carbocycles. The van der Waals surface area contributed by atoms with Crippen LogP contribution in [0.25, 0.3) is 0 Å². The molecule has 1 aliphatic carbocycles. The molecule has 1 aromatic rings. The number of rotatable bonds is 2. The molecule has 0 aliphatic heterocycles. The summed E-state index contributed by atoms with van der Waals surface area (Å²) in [4.78, 5) is 0. The summed E-state index contributed by atoms with van der Waals surface area (Å²) in [5, 5.41) is 9.96. The minimum Gasteiger partial charge on any atom is -0.388 e. The van der Waals surface area contributed by atoms with Crippen molar-refractivity contribution in [3.63, 3.8) is 0 Å². The van der Waals surface area contributed by atoms with Gasteiger partial charge < -0.3 is 5.11 Å². The summed E-state index contributed by atoms with van der Waals surface area (Å²) in [6.45, 7) is 2.24. The van der Waals surface area contributed by atoms with Crippen LogP contribution in [0.15, 0.2) is 30.3 Å². The van der Waals surface area contributed by atoms with E-state index < -0.39 is 0 Å². The lowest BCUT2D eigenvalue weighted by Crippen LogP contribution is -2.26. The van der Waals surface area contributed by atoms with Crippen LogP contribution in [-0.2, 0) is 0 Å². The van der Waals surface area contributed by atoms with Gasteiger partial charge in [0.25, 0.3) is 0 Å². The molecule has 1 N–H and O–H groups in total. The first-order chi connectivity index (χ1) is 6.27. The second kappa shape index (κ2) is 3.51. The van der Waals surface area contributed by atoms with Crippen LogP contribution >= 0.6 is 0 Å². The molecule has 1 heteroatoms. The molecule has 1 nitrogen and oxygen atoms in total. The van der Waals surface area contributed by atoms with Crippen LogP contribution in [-0.4, -0.2) is 5.11 Å². The van der Waals surface area contributed by atoms with Gasteiger partial charge in [0.05, 0.1) is 6.10 Å². The van der Waals surface area contributed by atoms with Crippen molar-refractivity contribution in [2.24, 2.45) is 11.8 Å². The normalized spacial score (nSPS) is 29.4. The first-order valence-corrected chi connectivity index (χ1v) is 5.00. The van der Waals surface area contributed by atoms with Crippen LogP contribution in [0.4, 0.5) is 0 Å². The van der Waals surface area contributed by atoms with E-state index in [9.17, 15) is 5.11 Å². The summed E-state index contributed by atoms with van der Waals surface area (Å²) in [6.07, 6.45) is 2.11. The molecule has 0 unspecified atom stereocenters. The summed E-state index contributed by atoms with van der Waals surface area (Å²) >= 11 is 0. The van der Waals surface area contributed by atoms with E-state index in [4.69, 9.17) is 0 Å². The molecule has 0 saturated heterocycles. The molecule has 0 radical (unpaired) electrons. The molecule has 13 heavy (non-hydrogen) atoms. The zero-order valence-electron chi connectivity index (χ0n) is 7.98. The predicted molar refractivity (Wildman–Crippen MR) is 53.3 cm³/mol. The Labute approximate surface area is 79.4 Å². The van der Waals surface area contributed by atoms with Crippen molar-refractivity contribution in [3.05, 3.63) is 35.9 Å². The maximum absolute atomic E-state index is 9.96. The average molecular weight is 176 g/mol. The SMILES string of the molecule is CC1CC([C@@H](O)c2ccccc2)C1. The Balaban J connectivity index is 2.02. The first-order valence-electron chi connectivity index (χ1n) is 5.00. The largest absolute Gasteiger partial charge is 0.388 e. The highest BCUT2D eigenvalue weighted by atomic mass is 16.3. The van der Waals surface area contributed by atoms with Crippen molar-refractivity contribution in [2.45, 2.75) is 25.9 Å². The molecule has 1 aliphatic rings. The highest BCUT2D eigenvalue weighted by Gasteiger charge is 2.31. The number of hydrogen-bond donors (Lipinski definition) is 1. The van der Waals surface area contributed by atoms with Crippen molar-refractivity contribution in [1.29, 1.82) is 0 Å². The topological polar surface area (TPSA) is 20.2 Å². The Morgan fingerprint density at radius 2 is 1.85 bits per heavy atom. The van der Waals surface area contributed by atoms with E-state index in [-0.39, 0.29) is 6.10 Å². The second-order valence-corrected chi connectivity index (χ2v) is 4.19. The Morgan fingerprint density at radius 3 is 2.38 bits per heavy atom. The lowest BCUT2D eigenvalue weighted by Gasteiger charge is -2.36. The first kappa shape index (κ1) is 8.76. The third kappa shape index (κ3) is 1.75. The van der Waals surface area contributed by atoms with Crippen molar-refractivity contribution >= 4 is 0 Å². The molecule has 1 atom stereocenters. The van der Waals surface area contributed by atoms with Gasteiger partial charge in [-0.05, 0) is 30.2 Å². The van der Waals surface area contributed by atoms with Crippen LogP contribution < -0.4 is 0 Å². The zero-order chi connectivity index (χ0) is 9.26. The van der Waals surface area contributed by atoms with Gasteiger partial charge >= 0.3 is 0 Å². The zero-order valence-corrected chi connectivity index (χ0v) is 7.98. The van der Waals surface area contributed by atoms with E-state index in [1.165, 1.54) is 12.8 Å². The molecule has 1 fully saturated rings. The average Bonchev–Trinajstić information content (AvgIpc) is 2.13. The van der Waals surface area contributed by atoms with E-state index in [2.05, 4.69) is 6.92 Å². The van der Waals surface area contributed by atoms with Gasteiger partial charge in [-0.25, -0.2) is 0 Å². The fourth-order valence-electron chi connectivity index (χ4n) is 2.14. The van der Waals surface area contributed by atoms with Crippen LogP contribution in [0.5, 0.6) is 0 Å². The van der Waals surface area contributed by atoms with Crippen LogP contribution in [0, 0.1) is 11.8 Å². The van der Waals surface area contributed by atoms with E-state index >= 15 is 0 Å². The van der Waals surface area contributed by atoms with Gasteiger partial charge in [0.1, 0.15) is 0 Å². The lowest BCUT2D eigenvalue weighted by molar-refractivity contribution is 0.0324. The number of hydrogen-bond acceptors (Lipinski definition) is 1. The van der Waals surface area contributed by atoms with E-state index in [0.29, 0.717) is 5.92 Å². The summed E-state index contributed by atoms with van der Waals surface area (Å²) in [5.41, 5.74) is 1.07. The Morgan fingerprint density at radius 1 is 1.23 bits per heavy atom. The molecule has 0 aromatic heterocycles. The number of aliphatic hydroxyl groups is 1. The molecule has 0 spiro atoms. The molecule has 0 heterocycles. The van der Waals surface area contributed by atoms with Gasteiger partial charge in [0.2, 0.25) is 0 Å². The Hall–Kier alpha value is -0.820. The van der Waals surface area contributed by atoms with Gasteiger partial charge in [0, 0.05) is 0 Å². The third-order valence-corrected chi connectivity index (χ3v) is 3.00. The summed E-state index contributed by atoms with van der Waals surface area (Å²) < 4.78 is 0. The van der Waals surface area contributed by atoms with Gasteiger partial charge in [0.15, 0.2) is 0 Å². The second-order valence-electron chi connectivity index (χ2n) is 4.19. The Bertz CT molecular complexity index is 262. The van der Waals surface area contributed by atoms with Gasteiger partial charge in [-0.3, -0.25) is 0 Å². The fourth-order valence-corrected chi connectivity index (χ4v) is 2.14. The predicted octanol–water partition coefficient (Wildman–Crippen LogP) is 2.77. The highest BCUT2D eigenvalue weighted by Crippen LogP contribution is 2.41.